The van der Waals surface area contributed by atoms with Crippen LogP contribution < -0.4 is 10.1 Å². The number of ether oxygens (including phenoxy) is 2. The summed E-state index contributed by atoms with van der Waals surface area (Å²) in [4.78, 5) is 0. The molecular weight excluding hydrogens is 230 g/mol. The number of aryl methyl sites for hydroxylation is 2. The van der Waals surface area contributed by atoms with Gasteiger partial charge in [-0.3, -0.25) is 0 Å². The van der Waals surface area contributed by atoms with Gasteiger partial charge in [0.15, 0.2) is 0 Å². The Balaban J connectivity index is 2.05. The zero-order valence-electron chi connectivity index (χ0n) is 11.7. The van der Waals surface area contributed by atoms with Crippen molar-refractivity contribution in [3.8, 4) is 5.88 Å². The highest BCUT2D eigenvalue weighted by molar-refractivity contribution is 5.30. The fourth-order valence-corrected chi connectivity index (χ4v) is 2.44. The minimum absolute atomic E-state index is 0.158. The Labute approximate surface area is 108 Å². The first kappa shape index (κ1) is 13.4. The van der Waals surface area contributed by atoms with Gasteiger partial charge < -0.3 is 14.8 Å². The molecule has 0 aromatic carbocycles. The Kier molecular flexibility index (Phi) is 3.92. The molecule has 1 fully saturated rings. The second-order valence-electron chi connectivity index (χ2n) is 5.22. The van der Waals surface area contributed by atoms with Crippen LogP contribution in [-0.4, -0.2) is 35.6 Å². The van der Waals surface area contributed by atoms with Gasteiger partial charge >= 0.3 is 0 Å². The minimum atomic E-state index is 0.158. The predicted molar refractivity (Wildman–Crippen MR) is 69.8 cm³/mol. The summed E-state index contributed by atoms with van der Waals surface area (Å²) >= 11 is 0. The average molecular weight is 253 g/mol. The molecule has 1 N–H and O–H groups in total. The molecule has 5 heteroatoms. The molecule has 1 saturated heterocycles. The lowest BCUT2D eigenvalue weighted by atomic mass is 9.92. The van der Waals surface area contributed by atoms with E-state index in [1.165, 1.54) is 0 Å². The normalized spacial score (nSPS) is 18.9. The molecule has 0 saturated carbocycles. The lowest BCUT2D eigenvalue weighted by Crippen LogP contribution is -2.46. The first-order valence-corrected chi connectivity index (χ1v) is 6.45. The van der Waals surface area contributed by atoms with Crippen molar-refractivity contribution in [2.24, 2.45) is 7.05 Å². The van der Waals surface area contributed by atoms with Crippen molar-refractivity contribution in [1.29, 1.82) is 0 Å². The van der Waals surface area contributed by atoms with E-state index in [4.69, 9.17) is 9.47 Å². The summed E-state index contributed by atoms with van der Waals surface area (Å²) in [5.74, 6) is 0.843. The number of rotatable bonds is 4. The van der Waals surface area contributed by atoms with Gasteiger partial charge in [0.05, 0.1) is 18.4 Å². The molecule has 1 aromatic heterocycles. The molecule has 1 aliphatic rings. The topological polar surface area (TPSA) is 48.3 Å². The van der Waals surface area contributed by atoms with E-state index in [1.54, 1.807) is 11.8 Å². The summed E-state index contributed by atoms with van der Waals surface area (Å²) in [7, 11) is 3.60. The Hall–Kier alpha value is -1.07. The number of methoxy groups -OCH3 is 1. The van der Waals surface area contributed by atoms with E-state index in [0.717, 1.165) is 49.7 Å². The number of nitrogens with one attached hydrogen (secondary N) is 1. The molecule has 0 aliphatic carbocycles. The van der Waals surface area contributed by atoms with E-state index in [1.807, 2.05) is 14.0 Å². The molecule has 18 heavy (non-hydrogen) atoms. The van der Waals surface area contributed by atoms with Gasteiger partial charge in [0, 0.05) is 32.3 Å². The maximum atomic E-state index is 5.41. The van der Waals surface area contributed by atoms with Crippen molar-refractivity contribution < 1.29 is 9.47 Å². The summed E-state index contributed by atoms with van der Waals surface area (Å²) in [6.07, 6.45) is 2.10. The molecule has 0 radical (unpaired) electrons. The summed E-state index contributed by atoms with van der Waals surface area (Å²) in [5, 5.41) is 8.03. The van der Waals surface area contributed by atoms with E-state index in [9.17, 15) is 0 Å². The number of hydrogen-bond acceptors (Lipinski definition) is 4. The van der Waals surface area contributed by atoms with Crippen LogP contribution in [0.25, 0.3) is 0 Å². The Bertz CT molecular complexity index is 409. The molecule has 1 aliphatic heterocycles. The number of hydrogen-bond donors (Lipinski definition) is 1. The van der Waals surface area contributed by atoms with Crippen molar-refractivity contribution in [2.45, 2.75) is 38.8 Å². The molecule has 0 atom stereocenters. The maximum Gasteiger partial charge on any atom is 0.216 e. The van der Waals surface area contributed by atoms with Crippen LogP contribution in [-0.2, 0) is 18.3 Å². The van der Waals surface area contributed by atoms with Crippen LogP contribution >= 0.6 is 0 Å². The van der Waals surface area contributed by atoms with Crippen molar-refractivity contribution in [1.82, 2.24) is 15.1 Å². The van der Waals surface area contributed by atoms with Crippen molar-refractivity contribution >= 4 is 0 Å². The zero-order chi connectivity index (χ0) is 13.2. The fraction of sp³-hybridized carbons (Fsp3) is 0.769. The van der Waals surface area contributed by atoms with Crippen LogP contribution in [0.1, 0.15) is 31.0 Å². The highest BCUT2D eigenvalue weighted by atomic mass is 16.5. The van der Waals surface area contributed by atoms with E-state index < -0.39 is 0 Å². The molecule has 2 rings (SSSR count). The Morgan fingerprint density at radius 3 is 2.72 bits per heavy atom. The highest BCUT2D eigenvalue weighted by Crippen LogP contribution is 2.24. The van der Waals surface area contributed by atoms with Gasteiger partial charge in [-0.2, -0.15) is 5.10 Å². The van der Waals surface area contributed by atoms with Crippen molar-refractivity contribution in [3.05, 3.63) is 11.3 Å². The van der Waals surface area contributed by atoms with E-state index in [0.29, 0.717) is 0 Å². The standard InChI is InChI=1S/C13H23N3O2/c1-10-11(12(17-4)16(3)15-10)9-14-13(2)5-7-18-8-6-13/h14H,5-9H2,1-4H3. The maximum absolute atomic E-state index is 5.41. The molecule has 1 aromatic rings. The Morgan fingerprint density at radius 2 is 2.11 bits per heavy atom. The first-order valence-electron chi connectivity index (χ1n) is 6.45. The lowest BCUT2D eigenvalue weighted by Gasteiger charge is -2.34. The van der Waals surface area contributed by atoms with Gasteiger partial charge in [-0.25, -0.2) is 4.68 Å². The van der Waals surface area contributed by atoms with Gasteiger partial charge in [-0.15, -0.1) is 0 Å². The van der Waals surface area contributed by atoms with Gasteiger partial charge in [0.2, 0.25) is 5.88 Å². The average Bonchev–Trinajstić information content (AvgIpc) is 2.61. The molecule has 0 amide bonds. The van der Waals surface area contributed by atoms with Gasteiger partial charge in [-0.1, -0.05) is 0 Å². The molecular formula is C13H23N3O2. The molecule has 0 bridgehead atoms. The zero-order valence-corrected chi connectivity index (χ0v) is 11.7. The van der Waals surface area contributed by atoms with Crippen molar-refractivity contribution in [3.63, 3.8) is 0 Å². The SMILES string of the molecule is COc1c(CNC2(C)CCOCC2)c(C)nn1C. The van der Waals surface area contributed by atoms with Crippen LogP contribution in [0.4, 0.5) is 0 Å². The first-order chi connectivity index (χ1) is 8.56. The minimum Gasteiger partial charge on any atom is -0.481 e. The monoisotopic (exact) mass is 253 g/mol. The van der Waals surface area contributed by atoms with E-state index >= 15 is 0 Å². The number of nitrogens with zero attached hydrogens (tertiary/aromatic N) is 2. The third-order valence-electron chi connectivity index (χ3n) is 3.77. The third kappa shape index (κ3) is 2.67. The summed E-state index contributed by atoms with van der Waals surface area (Å²) in [6.45, 7) is 6.75. The smallest absolute Gasteiger partial charge is 0.216 e. The molecule has 102 valence electrons. The largest absolute Gasteiger partial charge is 0.481 e. The van der Waals surface area contributed by atoms with Crippen LogP contribution in [0.2, 0.25) is 0 Å². The van der Waals surface area contributed by atoms with Crippen LogP contribution in [0.3, 0.4) is 0 Å². The molecule has 0 spiro atoms. The molecule has 0 unspecified atom stereocenters. The molecule has 5 nitrogen and oxygen atoms in total. The van der Waals surface area contributed by atoms with Crippen LogP contribution in [0.15, 0.2) is 0 Å². The second kappa shape index (κ2) is 5.28. The molecule has 2 heterocycles. The van der Waals surface area contributed by atoms with E-state index in [-0.39, 0.29) is 5.54 Å². The summed E-state index contributed by atoms with van der Waals surface area (Å²) < 4.78 is 12.6. The van der Waals surface area contributed by atoms with Gasteiger partial charge in [0.1, 0.15) is 0 Å². The fourth-order valence-electron chi connectivity index (χ4n) is 2.44. The summed E-state index contributed by atoms with van der Waals surface area (Å²) in [6, 6.07) is 0. The lowest BCUT2D eigenvalue weighted by molar-refractivity contribution is 0.0445. The predicted octanol–water partition coefficient (Wildman–Crippen LogP) is 1.40. The third-order valence-corrected chi connectivity index (χ3v) is 3.77. The summed E-state index contributed by atoms with van der Waals surface area (Å²) in [5.41, 5.74) is 2.33. The quantitative estimate of drug-likeness (QED) is 0.881. The van der Waals surface area contributed by atoms with Gasteiger partial charge in [0.25, 0.3) is 0 Å². The number of aromatic nitrogens is 2. The highest BCUT2D eigenvalue weighted by Gasteiger charge is 2.27. The second-order valence-corrected chi connectivity index (χ2v) is 5.22. The van der Waals surface area contributed by atoms with Crippen LogP contribution in [0, 0.1) is 6.92 Å². The Morgan fingerprint density at radius 1 is 1.44 bits per heavy atom. The van der Waals surface area contributed by atoms with Gasteiger partial charge in [-0.05, 0) is 26.7 Å². The van der Waals surface area contributed by atoms with E-state index in [2.05, 4.69) is 17.3 Å². The van der Waals surface area contributed by atoms with Crippen molar-refractivity contribution in [2.75, 3.05) is 20.3 Å². The van der Waals surface area contributed by atoms with Crippen LogP contribution in [0.5, 0.6) is 5.88 Å².